The first-order valence-corrected chi connectivity index (χ1v) is 7.93. The number of hydrogen-bond donors (Lipinski definition) is 3. The molecule has 7 heteroatoms. The van der Waals surface area contributed by atoms with Crippen molar-refractivity contribution in [2.75, 3.05) is 37.4 Å². The molecule has 2 heterocycles. The predicted octanol–water partition coefficient (Wildman–Crippen LogP) is 1.44. The summed E-state index contributed by atoms with van der Waals surface area (Å²) >= 11 is 1.32. The Hall–Kier alpha value is -1.47. The molecule has 1 aliphatic heterocycles. The molecule has 0 aromatic carbocycles. The highest BCUT2D eigenvalue weighted by atomic mass is 32.1. The second kappa shape index (κ2) is 6.11. The average Bonchev–Trinajstić information content (AvgIpc) is 2.75. The van der Waals surface area contributed by atoms with Crippen molar-refractivity contribution in [2.45, 2.75) is 32.3 Å². The van der Waals surface area contributed by atoms with Gasteiger partial charge in [-0.3, -0.25) is 4.79 Å². The molecule has 1 atom stereocenters. The molecular formula is C14H23N3O3S. The Kier molecular flexibility index (Phi) is 4.63. The zero-order valence-electron chi connectivity index (χ0n) is 12.7. The fraction of sp³-hybridized carbons (Fsp3) is 0.643. The van der Waals surface area contributed by atoms with E-state index < -0.39 is 5.60 Å². The van der Waals surface area contributed by atoms with Crippen LogP contribution >= 0.6 is 11.3 Å². The van der Waals surface area contributed by atoms with Gasteiger partial charge in [0.25, 0.3) is 5.91 Å². The minimum absolute atomic E-state index is 0.187. The largest absolute Gasteiger partial charge is 0.492 e. The number of amides is 1. The third-order valence-corrected chi connectivity index (χ3v) is 4.84. The standard InChI is InChI=1S/C14H23N3O3S/c1-4-16-12(18)11-9(15)10(20-3)13(21-11)17-7-5-6-14(2,19)8-17/h19H,4-8,15H2,1-3H3,(H,16,18). The molecule has 1 unspecified atom stereocenters. The number of aliphatic hydroxyl groups is 1. The zero-order chi connectivity index (χ0) is 15.6. The lowest BCUT2D eigenvalue weighted by Gasteiger charge is -2.37. The number of β-amino-alcohol motifs (C(OH)–C–C–N with tert-alkyl or cyclic N) is 1. The van der Waals surface area contributed by atoms with E-state index in [1.54, 1.807) is 7.11 Å². The van der Waals surface area contributed by atoms with Crippen LogP contribution in [0, 0.1) is 0 Å². The van der Waals surface area contributed by atoms with Crippen LogP contribution in [0.1, 0.15) is 36.4 Å². The van der Waals surface area contributed by atoms with E-state index in [1.165, 1.54) is 11.3 Å². The Morgan fingerprint density at radius 2 is 2.33 bits per heavy atom. The van der Waals surface area contributed by atoms with Gasteiger partial charge in [-0.05, 0) is 26.7 Å². The number of nitrogen functional groups attached to an aromatic ring is 1. The fourth-order valence-electron chi connectivity index (χ4n) is 2.62. The van der Waals surface area contributed by atoms with Crippen molar-refractivity contribution in [1.29, 1.82) is 0 Å². The Labute approximate surface area is 128 Å². The van der Waals surface area contributed by atoms with Gasteiger partial charge >= 0.3 is 0 Å². The molecule has 0 bridgehead atoms. The second-order valence-corrected chi connectivity index (χ2v) is 6.56. The van der Waals surface area contributed by atoms with E-state index in [1.807, 2.05) is 18.7 Å². The molecule has 4 N–H and O–H groups in total. The first-order valence-electron chi connectivity index (χ1n) is 7.11. The van der Waals surface area contributed by atoms with Gasteiger partial charge < -0.3 is 25.8 Å². The molecule has 0 saturated carbocycles. The fourth-order valence-corrected chi connectivity index (χ4v) is 3.76. The summed E-state index contributed by atoms with van der Waals surface area (Å²) in [5, 5.41) is 13.8. The van der Waals surface area contributed by atoms with E-state index in [2.05, 4.69) is 5.32 Å². The average molecular weight is 313 g/mol. The van der Waals surface area contributed by atoms with Crippen molar-refractivity contribution < 1.29 is 14.6 Å². The normalized spacial score (nSPS) is 22.2. The van der Waals surface area contributed by atoms with Crippen molar-refractivity contribution >= 4 is 27.9 Å². The molecule has 1 aromatic rings. The molecule has 1 aliphatic rings. The van der Waals surface area contributed by atoms with Crippen molar-refractivity contribution in [3.05, 3.63) is 4.88 Å². The van der Waals surface area contributed by atoms with E-state index in [0.29, 0.717) is 29.4 Å². The van der Waals surface area contributed by atoms with Gasteiger partial charge in [0.05, 0.1) is 12.7 Å². The number of thiophene rings is 1. The van der Waals surface area contributed by atoms with Crippen LogP contribution in [0.3, 0.4) is 0 Å². The molecule has 2 rings (SSSR count). The third kappa shape index (κ3) is 3.24. The molecule has 0 radical (unpaired) electrons. The van der Waals surface area contributed by atoms with E-state index in [4.69, 9.17) is 10.5 Å². The van der Waals surface area contributed by atoms with Gasteiger partial charge in [0.2, 0.25) is 0 Å². The Morgan fingerprint density at radius 1 is 1.62 bits per heavy atom. The van der Waals surface area contributed by atoms with Gasteiger partial charge in [0.1, 0.15) is 15.6 Å². The smallest absolute Gasteiger partial charge is 0.263 e. The molecule has 1 amide bonds. The van der Waals surface area contributed by atoms with Crippen LogP contribution in [-0.2, 0) is 0 Å². The van der Waals surface area contributed by atoms with Crippen LogP contribution in [-0.4, -0.2) is 43.4 Å². The highest BCUT2D eigenvalue weighted by Gasteiger charge is 2.32. The minimum atomic E-state index is -0.728. The van der Waals surface area contributed by atoms with Crippen LogP contribution in [0.2, 0.25) is 0 Å². The summed E-state index contributed by atoms with van der Waals surface area (Å²) in [4.78, 5) is 14.6. The quantitative estimate of drug-likeness (QED) is 0.783. The maximum atomic E-state index is 12.1. The molecule has 118 valence electrons. The maximum Gasteiger partial charge on any atom is 0.263 e. The van der Waals surface area contributed by atoms with E-state index in [-0.39, 0.29) is 5.91 Å². The van der Waals surface area contributed by atoms with E-state index >= 15 is 0 Å². The molecule has 0 spiro atoms. The molecule has 1 fully saturated rings. The maximum absolute atomic E-state index is 12.1. The van der Waals surface area contributed by atoms with Gasteiger partial charge in [-0.1, -0.05) is 0 Å². The van der Waals surface area contributed by atoms with Crippen LogP contribution in [0.4, 0.5) is 10.7 Å². The lowest BCUT2D eigenvalue weighted by molar-refractivity contribution is 0.0450. The van der Waals surface area contributed by atoms with Gasteiger partial charge in [-0.2, -0.15) is 0 Å². The molecular weight excluding hydrogens is 290 g/mol. The predicted molar refractivity (Wildman–Crippen MR) is 85.4 cm³/mol. The molecule has 1 aromatic heterocycles. The minimum Gasteiger partial charge on any atom is -0.492 e. The number of ether oxygens (including phenoxy) is 1. The van der Waals surface area contributed by atoms with Crippen LogP contribution in [0.5, 0.6) is 5.75 Å². The van der Waals surface area contributed by atoms with Crippen molar-refractivity contribution in [1.82, 2.24) is 5.32 Å². The van der Waals surface area contributed by atoms with Gasteiger partial charge in [0.15, 0.2) is 5.75 Å². The molecule has 6 nitrogen and oxygen atoms in total. The molecule has 0 aliphatic carbocycles. The summed E-state index contributed by atoms with van der Waals surface area (Å²) in [6.45, 7) is 5.57. The number of nitrogens with two attached hydrogens (primary N) is 1. The molecule has 21 heavy (non-hydrogen) atoms. The van der Waals surface area contributed by atoms with Crippen LogP contribution < -0.4 is 20.7 Å². The van der Waals surface area contributed by atoms with Crippen molar-refractivity contribution in [3.63, 3.8) is 0 Å². The highest BCUT2D eigenvalue weighted by molar-refractivity contribution is 7.19. The van der Waals surface area contributed by atoms with E-state index in [9.17, 15) is 9.90 Å². The number of anilines is 2. The van der Waals surface area contributed by atoms with Gasteiger partial charge in [0, 0.05) is 19.6 Å². The number of rotatable bonds is 4. The number of carbonyl (C=O) groups is 1. The Balaban J connectivity index is 2.35. The number of hydrogen-bond acceptors (Lipinski definition) is 6. The summed E-state index contributed by atoms with van der Waals surface area (Å²) in [7, 11) is 1.55. The third-order valence-electron chi connectivity index (χ3n) is 3.59. The Morgan fingerprint density at radius 3 is 2.90 bits per heavy atom. The van der Waals surface area contributed by atoms with Gasteiger partial charge in [-0.15, -0.1) is 11.3 Å². The lowest BCUT2D eigenvalue weighted by atomic mass is 9.95. The van der Waals surface area contributed by atoms with Crippen LogP contribution in [0.25, 0.3) is 0 Å². The second-order valence-electron chi connectivity index (χ2n) is 5.56. The number of nitrogens with zero attached hydrogens (tertiary/aromatic N) is 1. The van der Waals surface area contributed by atoms with E-state index in [0.717, 1.165) is 24.4 Å². The topological polar surface area (TPSA) is 87.8 Å². The monoisotopic (exact) mass is 313 g/mol. The highest BCUT2D eigenvalue weighted by Crippen LogP contribution is 2.46. The summed E-state index contributed by atoms with van der Waals surface area (Å²) in [6.07, 6.45) is 1.67. The first-order chi connectivity index (χ1) is 9.89. The Bertz CT molecular complexity index is 528. The number of methoxy groups -OCH3 is 1. The number of nitrogens with one attached hydrogen (secondary N) is 1. The zero-order valence-corrected chi connectivity index (χ0v) is 13.5. The van der Waals surface area contributed by atoms with Crippen molar-refractivity contribution in [2.24, 2.45) is 0 Å². The molecule has 1 saturated heterocycles. The van der Waals surface area contributed by atoms with Crippen LogP contribution in [0.15, 0.2) is 0 Å². The number of piperidine rings is 1. The summed E-state index contributed by atoms with van der Waals surface area (Å²) in [6, 6.07) is 0. The summed E-state index contributed by atoms with van der Waals surface area (Å²) < 4.78 is 5.39. The SMILES string of the molecule is CCNC(=O)c1sc(N2CCCC(C)(O)C2)c(OC)c1N. The summed E-state index contributed by atoms with van der Waals surface area (Å²) in [5.41, 5.74) is 5.70. The lowest BCUT2D eigenvalue weighted by Crippen LogP contribution is -2.46. The first kappa shape index (κ1) is 15.9. The summed E-state index contributed by atoms with van der Waals surface area (Å²) in [5.74, 6) is 0.340. The number of carbonyl (C=O) groups excluding carboxylic acids is 1. The van der Waals surface area contributed by atoms with Gasteiger partial charge in [-0.25, -0.2) is 0 Å². The van der Waals surface area contributed by atoms with Crippen molar-refractivity contribution in [3.8, 4) is 5.75 Å².